The predicted molar refractivity (Wildman–Crippen MR) is 61.6 cm³/mol. The predicted octanol–water partition coefficient (Wildman–Crippen LogP) is 2.57. The van der Waals surface area contributed by atoms with Gasteiger partial charge in [-0.05, 0) is 24.3 Å². The molecule has 1 aromatic carbocycles. The van der Waals surface area contributed by atoms with Gasteiger partial charge in [-0.15, -0.1) is 0 Å². The first-order valence-corrected chi connectivity index (χ1v) is 5.31. The number of halogens is 2. The number of benzene rings is 1. The lowest BCUT2D eigenvalue weighted by molar-refractivity contribution is 0.0907. The van der Waals surface area contributed by atoms with Crippen LogP contribution in [0.5, 0.6) is 5.75 Å². The first kappa shape index (κ1) is 12.3. The third kappa shape index (κ3) is 2.40. The molecule has 0 unspecified atom stereocenters. The maximum atomic E-state index is 13.2. The van der Waals surface area contributed by atoms with Crippen LogP contribution in [0.25, 0.3) is 0 Å². The van der Waals surface area contributed by atoms with Crippen molar-refractivity contribution in [2.24, 2.45) is 7.05 Å². The van der Waals surface area contributed by atoms with Crippen LogP contribution in [0.2, 0.25) is 0 Å². The second kappa shape index (κ2) is 5.00. The van der Waals surface area contributed by atoms with Gasteiger partial charge in [-0.3, -0.25) is 4.79 Å². The van der Waals surface area contributed by atoms with Crippen LogP contribution in [0.15, 0.2) is 36.5 Å². The summed E-state index contributed by atoms with van der Waals surface area (Å²) < 4.78 is 33.0. The van der Waals surface area contributed by atoms with Gasteiger partial charge in [-0.2, -0.15) is 0 Å². The van der Waals surface area contributed by atoms with Gasteiger partial charge in [-0.25, -0.2) is 8.78 Å². The van der Waals surface area contributed by atoms with Crippen molar-refractivity contribution in [2.45, 2.75) is 0 Å². The van der Waals surface area contributed by atoms with Crippen LogP contribution in [0.4, 0.5) is 8.78 Å². The second-order valence-electron chi connectivity index (χ2n) is 3.77. The summed E-state index contributed by atoms with van der Waals surface area (Å²) in [7, 11) is 1.71. The number of Topliss-reactive ketones (excluding diaryl/α,β-unsaturated/α-hetero) is 1. The van der Waals surface area contributed by atoms with Gasteiger partial charge in [0.25, 0.3) is 0 Å². The molecule has 94 valence electrons. The number of ketones is 1. The molecule has 5 heteroatoms. The molecule has 0 aliphatic rings. The highest BCUT2D eigenvalue weighted by molar-refractivity contribution is 5.95. The van der Waals surface area contributed by atoms with Crippen molar-refractivity contribution in [1.82, 2.24) is 4.57 Å². The summed E-state index contributed by atoms with van der Waals surface area (Å²) in [6.45, 7) is -0.407. The van der Waals surface area contributed by atoms with E-state index in [4.69, 9.17) is 4.74 Å². The Hall–Kier alpha value is -2.17. The quantitative estimate of drug-likeness (QED) is 0.782. The largest absolute Gasteiger partial charge is 0.479 e. The number of carbonyl (C=O) groups is 1. The summed E-state index contributed by atoms with van der Waals surface area (Å²) in [5.74, 6) is -2.52. The number of nitrogens with zero attached hydrogens (tertiary/aromatic N) is 1. The summed E-state index contributed by atoms with van der Waals surface area (Å²) in [4.78, 5) is 11.7. The van der Waals surface area contributed by atoms with Crippen molar-refractivity contribution in [3.8, 4) is 5.75 Å². The molecule has 0 bridgehead atoms. The van der Waals surface area contributed by atoms with Crippen LogP contribution in [0, 0.1) is 11.6 Å². The third-order valence-corrected chi connectivity index (χ3v) is 2.50. The molecular weight excluding hydrogens is 240 g/mol. The molecule has 0 aliphatic heterocycles. The number of ether oxygens (including phenoxy) is 1. The molecule has 0 saturated heterocycles. The lowest BCUT2D eigenvalue weighted by Gasteiger charge is -2.07. The highest BCUT2D eigenvalue weighted by atomic mass is 19.1. The van der Waals surface area contributed by atoms with E-state index in [1.807, 2.05) is 0 Å². The van der Waals surface area contributed by atoms with E-state index < -0.39 is 24.0 Å². The Bertz CT molecular complexity index is 558. The zero-order chi connectivity index (χ0) is 13.1. The topological polar surface area (TPSA) is 31.2 Å². The van der Waals surface area contributed by atoms with Crippen molar-refractivity contribution in [2.75, 3.05) is 6.61 Å². The fourth-order valence-corrected chi connectivity index (χ4v) is 1.58. The maximum absolute atomic E-state index is 13.2. The molecule has 0 radical (unpaired) electrons. The smallest absolute Gasteiger partial charge is 0.216 e. The van der Waals surface area contributed by atoms with Gasteiger partial charge in [0, 0.05) is 13.2 Å². The minimum absolute atomic E-state index is 0.342. The SMILES string of the molecule is Cn1cccc1C(=O)COc1c(F)cccc1F. The highest BCUT2D eigenvalue weighted by Crippen LogP contribution is 2.20. The van der Waals surface area contributed by atoms with E-state index in [1.165, 1.54) is 6.07 Å². The monoisotopic (exact) mass is 251 g/mol. The number of hydrogen-bond acceptors (Lipinski definition) is 2. The van der Waals surface area contributed by atoms with Gasteiger partial charge < -0.3 is 9.30 Å². The molecule has 0 atom stereocenters. The van der Waals surface area contributed by atoms with Gasteiger partial charge >= 0.3 is 0 Å². The van der Waals surface area contributed by atoms with Crippen LogP contribution in [0.1, 0.15) is 10.5 Å². The minimum Gasteiger partial charge on any atom is -0.479 e. The van der Waals surface area contributed by atoms with Crippen LogP contribution >= 0.6 is 0 Å². The van der Waals surface area contributed by atoms with E-state index in [9.17, 15) is 13.6 Å². The van der Waals surface area contributed by atoms with E-state index in [0.717, 1.165) is 12.1 Å². The lowest BCUT2D eigenvalue weighted by Crippen LogP contribution is -2.15. The molecule has 0 spiro atoms. The second-order valence-corrected chi connectivity index (χ2v) is 3.77. The maximum Gasteiger partial charge on any atom is 0.216 e. The lowest BCUT2D eigenvalue weighted by atomic mass is 10.3. The Kier molecular flexibility index (Phi) is 3.41. The van der Waals surface area contributed by atoms with Crippen LogP contribution in [-0.2, 0) is 7.05 Å². The first-order chi connectivity index (χ1) is 8.59. The minimum atomic E-state index is -0.824. The van der Waals surface area contributed by atoms with Crippen LogP contribution in [-0.4, -0.2) is 17.0 Å². The van der Waals surface area contributed by atoms with E-state index in [-0.39, 0.29) is 5.78 Å². The van der Waals surface area contributed by atoms with Gasteiger partial charge in [0.2, 0.25) is 5.78 Å². The number of rotatable bonds is 4. The Morgan fingerprint density at radius 3 is 2.44 bits per heavy atom. The van der Waals surface area contributed by atoms with Crippen molar-refractivity contribution in [3.63, 3.8) is 0 Å². The molecule has 2 aromatic rings. The standard InChI is InChI=1S/C13H11F2NO2/c1-16-7-3-6-11(16)12(17)8-18-13-9(14)4-2-5-10(13)15/h2-7H,8H2,1H3. The number of aromatic nitrogens is 1. The fraction of sp³-hybridized carbons (Fsp3) is 0.154. The Balaban J connectivity index is 2.09. The zero-order valence-corrected chi connectivity index (χ0v) is 9.69. The number of hydrogen-bond donors (Lipinski definition) is 0. The molecule has 3 nitrogen and oxygen atoms in total. The summed E-state index contributed by atoms with van der Waals surface area (Å²) in [6.07, 6.45) is 1.71. The van der Waals surface area contributed by atoms with Gasteiger partial charge in [0.15, 0.2) is 24.0 Å². The fourth-order valence-electron chi connectivity index (χ4n) is 1.58. The molecule has 2 rings (SSSR count). The molecule has 0 fully saturated rings. The van der Waals surface area contributed by atoms with Crippen molar-refractivity contribution in [1.29, 1.82) is 0 Å². The molecule has 18 heavy (non-hydrogen) atoms. The number of para-hydroxylation sites is 1. The number of aryl methyl sites for hydroxylation is 1. The highest BCUT2D eigenvalue weighted by Gasteiger charge is 2.14. The molecule has 0 aliphatic carbocycles. The van der Waals surface area contributed by atoms with Crippen molar-refractivity contribution >= 4 is 5.78 Å². The van der Waals surface area contributed by atoms with Gasteiger partial charge in [0.05, 0.1) is 5.69 Å². The van der Waals surface area contributed by atoms with Crippen LogP contribution in [0.3, 0.4) is 0 Å². The average molecular weight is 251 g/mol. The van der Waals surface area contributed by atoms with Gasteiger partial charge in [0.1, 0.15) is 0 Å². The number of carbonyl (C=O) groups excluding carboxylic acids is 1. The van der Waals surface area contributed by atoms with E-state index in [0.29, 0.717) is 5.69 Å². The van der Waals surface area contributed by atoms with Crippen molar-refractivity contribution in [3.05, 3.63) is 53.9 Å². The molecule has 0 saturated carbocycles. The zero-order valence-electron chi connectivity index (χ0n) is 9.69. The van der Waals surface area contributed by atoms with Crippen molar-refractivity contribution < 1.29 is 18.3 Å². The van der Waals surface area contributed by atoms with E-state index in [2.05, 4.69) is 0 Å². The average Bonchev–Trinajstić information content (AvgIpc) is 2.74. The molecule has 0 N–H and O–H groups in total. The Labute approximate surface area is 103 Å². The van der Waals surface area contributed by atoms with E-state index in [1.54, 1.807) is 29.9 Å². The van der Waals surface area contributed by atoms with Gasteiger partial charge in [-0.1, -0.05) is 6.07 Å². The third-order valence-electron chi connectivity index (χ3n) is 2.50. The Morgan fingerprint density at radius 2 is 1.89 bits per heavy atom. The molecular formula is C13H11F2NO2. The summed E-state index contributed by atoms with van der Waals surface area (Å²) in [5, 5.41) is 0. The van der Waals surface area contributed by atoms with E-state index >= 15 is 0 Å². The summed E-state index contributed by atoms with van der Waals surface area (Å²) in [5.41, 5.74) is 0.423. The molecule has 1 aromatic heterocycles. The summed E-state index contributed by atoms with van der Waals surface area (Å²) in [6, 6.07) is 6.70. The molecule has 0 amide bonds. The normalized spacial score (nSPS) is 10.4. The summed E-state index contributed by atoms with van der Waals surface area (Å²) >= 11 is 0. The Morgan fingerprint density at radius 1 is 1.22 bits per heavy atom. The molecule has 1 heterocycles. The van der Waals surface area contributed by atoms with Crippen LogP contribution < -0.4 is 4.74 Å². The first-order valence-electron chi connectivity index (χ1n) is 5.31.